The zero-order valence-electron chi connectivity index (χ0n) is 12.5. The Balaban J connectivity index is 1.94. The average molecular weight is 285 g/mol. The fourth-order valence-electron chi connectivity index (χ4n) is 4.49. The minimum atomic E-state index is -0.0750. The number of aliphatic hydroxyl groups is 1. The molecule has 0 bridgehead atoms. The number of hydrogen-bond acceptors (Lipinski definition) is 3. The summed E-state index contributed by atoms with van der Waals surface area (Å²) in [6, 6.07) is 6.14. The van der Waals surface area contributed by atoms with Crippen LogP contribution in [0.25, 0.3) is 10.9 Å². The number of fused-ring (bicyclic) bond motifs is 5. The summed E-state index contributed by atoms with van der Waals surface area (Å²) in [4.78, 5) is 6.18. The number of nitrogens with zero attached hydrogens (tertiary/aromatic N) is 1. The van der Waals surface area contributed by atoms with E-state index in [1.165, 1.54) is 23.1 Å². The Bertz CT molecular complexity index is 693. The number of aromatic nitrogens is 1. The van der Waals surface area contributed by atoms with Crippen molar-refractivity contribution >= 4 is 16.6 Å². The molecule has 2 aromatic rings. The molecule has 0 saturated carbocycles. The van der Waals surface area contributed by atoms with Gasteiger partial charge in [0, 0.05) is 41.4 Å². The Hall–Kier alpha value is -1.52. The first-order valence-corrected chi connectivity index (χ1v) is 7.91. The maximum absolute atomic E-state index is 9.88. The lowest BCUT2D eigenvalue weighted by Crippen LogP contribution is -2.57. The average Bonchev–Trinajstić information content (AvgIpc) is 2.85. The summed E-state index contributed by atoms with van der Waals surface area (Å²) in [6.45, 7) is 4.76. The van der Waals surface area contributed by atoms with Crippen molar-refractivity contribution in [3.8, 4) is 0 Å². The molecule has 4 heteroatoms. The number of aliphatic hydroxyl groups excluding tert-OH is 1. The first-order chi connectivity index (χ1) is 10.1. The zero-order chi connectivity index (χ0) is 14.6. The Morgan fingerprint density at radius 2 is 2.29 bits per heavy atom. The number of nitrogens with one attached hydrogen (secondary N) is 1. The Morgan fingerprint density at radius 3 is 3.10 bits per heavy atom. The molecule has 21 heavy (non-hydrogen) atoms. The van der Waals surface area contributed by atoms with Crippen LogP contribution in [0.5, 0.6) is 0 Å². The molecular formula is C17H23N3O. The molecule has 2 aliphatic rings. The van der Waals surface area contributed by atoms with Crippen LogP contribution >= 0.6 is 0 Å². The lowest BCUT2D eigenvalue weighted by atomic mass is 9.72. The Morgan fingerprint density at radius 1 is 1.43 bits per heavy atom. The van der Waals surface area contributed by atoms with Gasteiger partial charge in [0.2, 0.25) is 0 Å². The molecule has 0 amide bonds. The topological polar surface area (TPSA) is 65.3 Å². The predicted octanol–water partition coefficient (Wildman–Crippen LogP) is 2.23. The minimum absolute atomic E-state index is 0.0750. The van der Waals surface area contributed by atoms with Gasteiger partial charge in [-0.05, 0) is 50.4 Å². The second-order valence-electron chi connectivity index (χ2n) is 6.69. The molecule has 1 fully saturated rings. The van der Waals surface area contributed by atoms with Gasteiger partial charge in [-0.2, -0.15) is 0 Å². The highest BCUT2D eigenvalue weighted by Crippen LogP contribution is 2.47. The highest BCUT2D eigenvalue weighted by molar-refractivity contribution is 5.87. The fourth-order valence-corrected chi connectivity index (χ4v) is 4.49. The van der Waals surface area contributed by atoms with Crippen LogP contribution in [0.1, 0.15) is 31.0 Å². The van der Waals surface area contributed by atoms with E-state index in [9.17, 15) is 5.11 Å². The van der Waals surface area contributed by atoms with Gasteiger partial charge in [-0.25, -0.2) is 0 Å². The fraction of sp³-hybridized carbons (Fsp3) is 0.529. The Labute approximate surface area is 124 Å². The molecule has 4 N–H and O–H groups in total. The van der Waals surface area contributed by atoms with E-state index in [0.717, 1.165) is 37.1 Å². The third-order valence-electron chi connectivity index (χ3n) is 5.72. The van der Waals surface area contributed by atoms with Gasteiger partial charge in [-0.3, -0.25) is 4.90 Å². The van der Waals surface area contributed by atoms with Gasteiger partial charge in [0.15, 0.2) is 0 Å². The predicted molar refractivity (Wildman–Crippen MR) is 85.1 cm³/mol. The molecule has 1 saturated heterocycles. The van der Waals surface area contributed by atoms with Crippen molar-refractivity contribution < 1.29 is 5.11 Å². The third kappa shape index (κ3) is 1.69. The molecular weight excluding hydrogens is 262 g/mol. The number of nitrogen functional groups attached to an aromatic ring is 1. The second-order valence-corrected chi connectivity index (χ2v) is 6.69. The number of rotatable bonds is 1. The molecule has 2 atom stereocenters. The number of aromatic amines is 1. The summed E-state index contributed by atoms with van der Waals surface area (Å²) >= 11 is 0. The molecule has 4 rings (SSSR count). The van der Waals surface area contributed by atoms with Gasteiger partial charge in [-0.15, -0.1) is 0 Å². The van der Waals surface area contributed by atoms with E-state index < -0.39 is 0 Å². The van der Waals surface area contributed by atoms with Crippen molar-refractivity contribution in [3.05, 3.63) is 29.5 Å². The van der Waals surface area contributed by atoms with Crippen LogP contribution in [0, 0.1) is 5.92 Å². The van der Waals surface area contributed by atoms with E-state index in [1.807, 2.05) is 12.1 Å². The highest BCUT2D eigenvalue weighted by Gasteiger charge is 2.47. The number of anilines is 1. The van der Waals surface area contributed by atoms with Gasteiger partial charge in [0.1, 0.15) is 0 Å². The highest BCUT2D eigenvalue weighted by atomic mass is 16.3. The van der Waals surface area contributed by atoms with Crippen LogP contribution in [-0.4, -0.2) is 34.7 Å². The first kappa shape index (κ1) is 13.2. The molecule has 1 aromatic carbocycles. The van der Waals surface area contributed by atoms with Gasteiger partial charge >= 0.3 is 0 Å². The van der Waals surface area contributed by atoms with E-state index in [2.05, 4.69) is 22.9 Å². The lowest BCUT2D eigenvalue weighted by Gasteiger charge is -2.52. The SMILES string of the molecule is CC12c3[nH]c4cc(N)ccc4c3CCN1CCCC2CO. The molecule has 2 aliphatic heterocycles. The van der Waals surface area contributed by atoms with Crippen molar-refractivity contribution in [2.45, 2.75) is 31.7 Å². The van der Waals surface area contributed by atoms with Crippen LogP contribution in [-0.2, 0) is 12.0 Å². The molecule has 0 spiro atoms. The number of H-pyrrole nitrogens is 1. The number of benzene rings is 1. The Kier molecular flexibility index (Phi) is 2.81. The number of hydrogen-bond donors (Lipinski definition) is 3. The zero-order valence-corrected chi connectivity index (χ0v) is 12.5. The smallest absolute Gasteiger partial charge is 0.0636 e. The summed E-state index contributed by atoms with van der Waals surface area (Å²) in [5, 5.41) is 11.2. The summed E-state index contributed by atoms with van der Waals surface area (Å²) in [5.74, 6) is 0.302. The van der Waals surface area contributed by atoms with Crippen molar-refractivity contribution in [1.29, 1.82) is 0 Å². The monoisotopic (exact) mass is 285 g/mol. The summed E-state index contributed by atoms with van der Waals surface area (Å²) in [5.41, 5.74) is 10.5. The number of nitrogens with two attached hydrogens (primary N) is 1. The standard InChI is InChI=1S/C17H23N3O/c1-17-11(10-21)3-2-7-20(17)8-6-14-13-5-4-12(18)9-15(13)19-16(14)17/h4-5,9,11,19,21H,2-3,6-8,10,18H2,1H3. The van der Waals surface area contributed by atoms with Crippen LogP contribution < -0.4 is 5.73 Å². The van der Waals surface area contributed by atoms with Crippen LogP contribution in [0.4, 0.5) is 5.69 Å². The van der Waals surface area contributed by atoms with Crippen molar-refractivity contribution in [3.63, 3.8) is 0 Å². The van der Waals surface area contributed by atoms with Crippen LogP contribution in [0.3, 0.4) is 0 Å². The van der Waals surface area contributed by atoms with Crippen LogP contribution in [0.2, 0.25) is 0 Å². The largest absolute Gasteiger partial charge is 0.399 e. The van der Waals surface area contributed by atoms with Crippen molar-refractivity contribution in [2.24, 2.45) is 5.92 Å². The van der Waals surface area contributed by atoms with E-state index in [0.29, 0.717) is 5.92 Å². The molecule has 3 heterocycles. The summed E-state index contributed by atoms with van der Waals surface area (Å²) in [7, 11) is 0. The van der Waals surface area contributed by atoms with E-state index in [-0.39, 0.29) is 12.1 Å². The summed E-state index contributed by atoms with van der Waals surface area (Å²) in [6.07, 6.45) is 3.36. The minimum Gasteiger partial charge on any atom is -0.399 e. The van der Waals surface area contributed by atoms with E-state index in [1.54, 1.807) is 0 Å². The molecule has 0 radical (unpaired) electrons. The van der Waals surface area contributed by atoms with Gasteiger partial charge in [0.25, 0.3) is 0 Å². The second kappa shape index (κ2) is 4.49. The van der Waals surface area contributed by atoms with Crippen molar-refractivity contribution in [2.75, 3.05) is 25.4 Å². The van der Waals surface area contributed by atoms with Crippen molar-refractivity contribution in [1.82, 2.24) is 9.88 Å². The normalized spacial score (nSPS) is 29.3. The molecule has 4 nitrogen and oxygen atoms in total. The number of piperidine rings is 1. The van der Waals surface area contributed by atoms with Gasteiger partial charge in [0.05, 0.1) is 5.54 Å². The maximum Gasteiger partial charge on any atom is 0.0636 e. The third-order valence-corrected chi connectivity index (χ3v) is 5.72. The molecule has 1 aromatic heterocycles. The molecule has 112 valence electrons. The molecule has 0 aliphatic carbocycles. The molecule has 2 unspecified atom stereocenters. The van der Waals surface area contributed by atoms with E-state index in [4.69, 9.17) is 5.73 Å². The maximum atomic E-state index is 9.88. The quantitative estimate of drug-likeness (QED) is 0.704. The van der Waals surface area contributed by atoms with Crippen LogP contribution in [0.15, 0.2) is 18.2 Å². The van der Waals surface area contributed by atoms with Gasteiger partial charge < -0.3 is 15.8 Å². The lowest BCUT2D eigenvalue weighted by molar-refractivity contribution is -0.0303. The first-order valence-electron chi connectivity index (χ1n) is 7.91. The van der Waals surface area contributed by atoms with Gasteiger partial charge in [-0.1, -0.05) is 6.07 Å². The summed E-state index contributed by atoms with van der Waals surface area (Å²) < 4.78 is 0. The van der Waals surface area contributed by atoms with E-state index >= 15 is 0 Å².